The van der Waals surface area contributed by atoms with Gasteiger partial charge >= 0.3 is 6.03 Å². The molecule has 6 heteroatoms. The van der Waals surface area contributed by atoms with E-state index in [2.05, 4.69) is 17.6 Å². The molecule has 3 amide bonds. The first-order chi connectivity index (χ1) is 9.60. The molecule has 0 aromatic rings. The SMILES string of the molecule is CC1CCN(CC(=O)NC(=O)NC2CCCC2)C1CO. The minimum Gasteiger partial charge on any atom is -0.395 e. The van der Waals surface area contributed by atoms with Gasteiger partial charge in [0, 0.05) is 12.1 Å². The van der Waals surface area contributed by atoms with E-state index in [0.29, 0.717) is 5.92 Å². The van der Waals surface area contributed by atoms with Crippen LogP contribution in [-0.2, 0) is 4.79 Å². The van der Waals surface area contributed by atoms with Crippen LogP contribution in [-0.4, -0.2) is 53.7 Å². The van der Waals surface area contributed by atoms with Gasteiger partial charge in [0.2, 0.25) is 5.91 Å². The third-order valence-electron chi connectivity index (χ3n) is 4.47. The molecular weight excluding hydrogens is 258 g/mol. The molecule has 0 aromatic carbocycles. The van der Waals surface area contributed by atoms with Crippen molar-refractivity contribution in [2.24, 2.45) is 5.92 Å². The second-order valence-electron chi connectivity index (χ2n) is 5.99. The van der Waals surface area contributed by atoms with E-state index in [1.807, 2.05) is 4.90 Å². The summed E-state index contributed by atoms with van der Waals surface area (Å²) in [5.74, 6) is 0.0909. The zero-order valence-electron chi connectivity index (χ0n) is 12.1. The number of likely N-dealkylation sites (tertiary alicyclic amines) is 1. The average molecular weight is 283 g/mol. The number of amides is 3. The molecule has 1 aliphatic carbocycles. The van der Waals surface area contributed by atoms with Crippen LogP contribution in [0.3, 0.4) is 0 Å². The maximum Gasteiger partial charge on any atom is 0.321 e. The number of aliphatic hydroxyl groups excluding tert-OH is 1. The molecular formula is C14H25N3O3. The summed E-state index contributed by atoms with van der Waals surface area (Å²) in [5, 5.41) is 14.5. The van der Waals surface area contributed by atoms with Crippen LogP contribution in [0.25, 0.3) is 0 Å². The summed E-state index contributed by atoms with van der Waals surface area (Å²) < 4.78 is 0. The van der Waals surface area contributed by atoms with Gasteiger partial charge in [-0.3, -0.25) is 15.0 Å². The Balaban J connectivity index is 1.73. The first-order valence-corrected chi connectivity index (χ1v) is 7.55. The number of imide groups is 1. The molecule has 0 bridgehead atoms. The Hall–Kier alpha value is -1.14. The molecule has 2 fully saturated rings. The van der Waals surface area contributed by atoms with E-state index in [1.165, 1.54) is 0 Å². The average Bonchev–Trinajstić information content (AvgIpc) is 2.99. The number of hydrogen-bond acceptors (Lipinski definition) is 4. The fourth-order valence-electron chi connectivity index (χ4n) is 3.22. The van der Waals surface area contributed by atoms with Crippen molar-refractivity contribution < 1.29 is 14.7 Å². The van der Waals surface area contributed by atoms with Gasteiger partial charge in [0.05, 0.1) is 13.2 Å². The van der Waals surface area contributed by atoms with E-state index < -0.39 is 6.03 Å². The maximum atomic E-state index is 11.9. The predicted molar refractivity (Wildman–Crippen MR) is 75.2 cm³/mol. The molecule has 0 radical (unpaired) electrons. The molecule has 1 aliphatic heterocycles. The lowest BCUT2D eigenvalue weighted by Crippen LogP contribution is -2.48. The van der Waals surface area contributed by atoms with Crippen molar-refractivity contribution in [1.82, 2.24) is 15.5 Å². The van der Waals surface area contributed by atoms with Gasteiger partial charge < -0.3 is 10.4 Å². The fourth-order valence-corrected chi connectivity index (χ4v) is 3.22. The molecule has 0 spiro atoms. The lowest BCUT2D eigenvalue weighted by Gasteiger charge is -2.24. The Bertz CT molecular complexity index is 356. The van der Waals surface area contributed by atoms with Gasteiger partial charge in [0.1, 0.15) is 0 Å². The van der Waals surface area contributed by atoms with Gasteiger partial charge in [-0.05, 0) is 31.7 Å². The highest BCUT2D eigenvalue weighted by Gasteiger charge is 2.31. The third-order valence-corrected chi connectivity index (χ3v) is 4.47. The van der Waals surface area contributed by atoms with E-state index in [-0.39, 0.29) is 31.1 Å². The van der Waals surface area contributed by atoms with E-state index in [4.69, 9.17) is 0 Å². The standard InChI is InChI=1S/C14H25N3O3/c1-10-6-7-17(12(10)9-18)8-13(19)16-14(20)15-11-4-2-3-5-11/h10-12,18H,2-9H2,1H3,(H2,15,16,19,20). The maximum absolute atomic E-state index is 11.9. The molecule has 0 aromatic heterocycles. The largest absolute Gasteiger partial charge is 0.395 e. The van der Waals surface area contributed by atoms with Gasteiger partial charge in [-0.1, -0.05) is 19.8 Å². The van der Waals surface area contributed by atoms with E-state index >= 15 is 0 Å². The molecule has 2 rings (SSSR count). The second kappa shape index (κ2) is 7.04. The molecule has 3 N–H and O–H groups in total. The molecule has 1 heterocycles. The van der Waals surface area contributed by atoms with Gasteiger partial charge in [0.15, 0.2) is 0 Å². The molecule has 114 valence electrons. The monoisotopic (exact) mass is 283 g/mol. The molecule has 2 aliphatic rings. The van der Waals surface area contributed by atoms with Crippen molar-refractivity contribution in [3.8, 4) is 0 Å². The summed E-state index contributed by atoms with van der Waals surface area (Å²) in [6, 6.07) is -0.159. The van der Waals surface area contributed by atoms with Crippen molar-refractivity contribution >= 4 is 11.9 Å². The summed E-state index contributed by atoms with van der Waals surface area (Å²) in [5.41, 5.74) is 0. The quantitative estimate of drug-likeness (QED) is 0.700. The number of hydrogen-bond donors (Lipinski definition) is 3. The number of nitrogens with one attached hydrogen (secondary N) is 2. The number of urea groups is 1. The van der Waals surface area contributed by atoms with Crippen LogP contribution in [0, 0.1) is 5.92 Å². The molecule has 1 saturated carbocycles. The van der Waals surface area contributed by atoms with Crippen LogP contribution in [0.2, 0.25) is 0 Å². The first kappa shape index (κ1) is 15.3. The van der Waals surface area contributed by atoms with Crippen molar-refractivity contribution in [3.63, 3.8) is 0 Å². The van der Waals surface area contributed by atoms with E-state index in [1.54, 1.807) is 0 Å². The highest BCUT2D eigenvalue weighted by atomic mass is 16.3. The Labute approximate surface area is 119 Å². The summed E-state index contributed by atoms with van der Waals surface area (Å²) in [6.07, 6.45) is 5.26. The summed E-state index contributed by atoms with van der Waals surface area (Å²) in [6.45, 7) is 3.10. The highest BCUT2D eigenvalue weighted by Crippen LogP contribution is 2.22. The molecule has 20 heavy (non-hydrogen) atoms. The van der Waals surface area contributed by atoms with Crippen molar-refractivity contribution in [2.75, 3.05) is 19.7 Å². The van der Waals surface area contributed by atoms with Crippen LogP contribution in [0.5, 0.6) is 0 Å². The van der Waals surface area contributed by atoms with E-state index in [0.717, 1.165) is 38.6 Å². The van der Waals surface area contributed by atoms with Gasteiger partial charge in [0.25, 0.3) is 0 Å². The van der Waals surface area contributed by atoms with Crippen molar-refractivity contribution in [1.29, 1.82) is 0 Å². The minimum absolute atomic E-state index is 0.0265. The summed E-state index contributed by atoms with van der Waals surface area (Å²) in [4.78, 5) is 25.5. The van der Waals surface area contributed by atoms with Crippen LogP contribution in [0.4, 0.5) is 4.79 Å². The summed E-state index contributed by atoms with van der Waals surface area (Å²) >= 11 is 0. The second-order valence-corrected chi connectivity index (χ2v) is 5.99. The normalized spacial score (nSPS) is 27.7. The Kier molecular flexibility index (Phi) is 5.37. The third kappa shape index (κ3) is 3.93. The van der Waals surface area contributed by atoms with Crippen LogP contribution in [0.1, 0.15) is 39.0 Å². The van der Waals surface area contributed by atoms with Crippen LogP contribution in [0.15, 0.2) is 0 Å². The molecule has 2 atom stereocenters. The Morgan fingerprint density at radius 1 is 1.25 bits per heavy atom. The zero-order chi connectivity index (χ0) is 14.5. The molecule has 2 unspecified atom stereocenters. The topological polar surface area (TPSA) is 81.7 Å². The zero-order valence-corrected chi connectivity index (χ0v) is 12.1. The van der Waals surface area contributed by atoms with Crippen molar-refractivity contribution in [3.05, 3.63) is 0 Å². The number of carbonyl (C=O) groups excluding carboxylic acids is 2. The minimum atomic E-state index is -0.394. The predicted octanol–water partition coefficient (Wildman–Crippen LogP) is 0.458. The van der Waals surface area contributed by atoms with Gasteiger partial charge in [-0.2, -0.15) is 0 Å². The van der Waals surface area contributed by atoms with Crippen LogP contribution < -0.4 is 10.6 Å². The van der Waals surface area contributed by atoms with Crippen molar-refractivity contribution in [2.45, 2.75) is 51.1 Å². The Morgan fingerprint density at radius 3 is 2.60 bits per heavy atom. The molecule has 6 nitrogen and oxygen atoms in total. The number of rotatable bonds is 4. The highest BCUT2D eigenvalue weighted by molar-refractivity contribution is 5.95. The number of aliphatic hydroxyl groups is 1. The number of nitrogens with zero attached hydrogens (tertiary/aromatic N) is 1. The molecule has 1 saturated heterocycles. The fraction of sp³-hybridized carbons (Fsp3) is 0.857. The lowest BCUT2D eigenvalue weighted by molar-refractivity contribution is -0.121. The summed E-state index contributed by atoms with van der Waals surface area (Å²) in [7, 11) is 0. The van der Waals surface area contributed by atoms with E-state index in [9.17, 15) is 14.7 Å². The lowest BCUT2D eigenvalue weighted by atomic mass is 10.0. The van der Waals surface area contributed by atoms with Gasteiger partial charge in [-0.25, -0.2) is 4.79 Å². The Morgan fingerprint density at radius 2 is 1.95 bits per heavy atom. The first-order valence-electron chi connectivity index (χ1n) is 7.55. The van der Waals surface area contributed by atoms with Crippen LogP contribution >= 0.6 is 0 Å². The van der Waals surface area contributed by atoms with Gasteiger partial charge in [-0.15, -0.1) is 0 Å². The number of carbonyl (C=O) groups is 2. The smallest absolute Gasteiger partial charge is 0.321 e.